The highest BCUT2D eigenvalue weighted by Crippen LogP contribution is 2.50. The molecular formula is C14H14ClNO3. The summed E-state index contributed by atoms with van der Waals surface area (Å²) in [5, 5.41) is 13.1. The minimum atomic E-state index is -0.841. The quantitative estimate of drug-likeness (QED) is 0.817. The fourth-order valence-corrected chi connectivity index (χ4v) is 3.34. The van der Waals surface area contributed by atoms with Crippen molar-refractivity contribution >= 4 is 23.3 Å². The van der Waals surface area contributed by atoms with E-state index in [4.69, 9.17) is 16.3 Å². The smallest absolute Gasteiger partial charge is 0.326 e. The summed E-state index contributed by atoms with van der Waals surface area (Å²) in [6, 6.07) is 2.94. The van der Waals surface area contributed by atoms with Crippen LogP contribution in [0.3, 0.4) is 0 Å². The lowest BCUT2D eigenvalue weighted by Gasteiger charge is -2.35. The van der Waals surface area contributed by atoms with Crippen LogP contribution in [0.1, 0.15) is 17.9 Å². The Bertz CT molecular complexity index is 570. The summed E-state index contributed by atoms with van der Waals surface area (Å²) in [4.78, 5) is 11.4. The maximum Gasteiger partial charge on any atom is 0.326 e. The molecule has 0 aromatic heterocycles. The molecule has 19 heavy (non-hydrogen) atoms. The summed E-state index contributed by atoms with van der Waals surface area (Å²) in [5.74, 6) is -0.162. The third-order valence-electron chi connectivity index (χ3n) is 3.91. The van der Waals surface area contributed by atoms with Gasteiger partial charge < -0.3 is 15.2 Å². The molecule has 2 aliphatic rings. The van der Waals surface area contributed by atoms with Gasteiger partial charge in [-0.1, -0.05) is 23.8 Å². The van der Waals surface area contributed by atoms with Crippen LogP contribution in [0.2, 0.25) is 5.02 Å². The van der Waals surface area contributed by atoms with E-state index in [1.807, 2.05) is 12.2 Å². The van der Waals surface area contributed by atoms with Crippen LogP contribution in [0.4, 0.5) is 5.69 Å². The minimum absolute atomic E-state index is 0.00889. The molecule has 5 heteroatoms. The van der Waals surface area contributed by atoms with Crippen LogP contribution in [0.5, 0.6) is 5.75 Å². The summed E-state index contributed by atoms with van der Waals surface area (Å²) in [6.07, 6.45) is 4.82. The van der Waals surface area contributed by atoms with Gasteiger partial charge in [0.05, 0.1) is 12.8 Å². The predicted octanol–water partition coefficient (Wildman–Crippen LogP) is 2.89. The number of benzene rings is 1. The van der Waals surface area contributed by atoms with Gasteiger partial charge in [-0.3, -0.25) is 0 Å². The molecule has 0 spiro atoms. The fraction of sp³-hybridized carbons (Fsp3) is 0.357. The lowest BCUT2D eigenvalue weighted by atomic mass is 9.79. The molecule has 0 unspecified atom stereocenters. The Morgan fingerprint density at radius 3 is 3.00 bits per heavy atom. The molecule has 0 fully saturated rings. The van der Waals surface area contributed by atoms with Crippen LogP contribution in [-0.2, 0) is 4.79 Å². The Kier molecular flexibility index (Phi) is 2.90. The molecule has 2 N–H and O–H groups in total. The van der Waals surface area contributed by atoms with Gasteiger partial charge in [0, 0.05) is 22.4 Å². The number of carboxylic acid groups (broad SMARTS) is 1. The Balaban J connectivity index is 2.17. The largest absolute Gasteiger partial charge is 0.495 e. The van der Waals surface area contributed by atoms with Gasteiger partial charge in [-0.05, 0) is 18.6 Å². The van der Waals surface area contributed by atoms with E-state index in [1.165, 1.54) is 0 Å². The van der Waals surface area contributed by atoms with Crippen molar-refractivity contribution in [2.45, 2.75) is 18.4 Å². The van der Waals surface area contributed by atoms with Gasteiger partial charge in [-0.25, -0.2) is 4.79 Å². The zero-order valence-corrected chi connectivity index (χ0v) is 11.1. The SMILES string of the molecule is COc1ccc(Cl)c2c1N[C@@H](C(=O)O)[C@@H]1CC=C[C@H]21. The monoisotopic (exact) mass is 279 g/mol. The van der Waals surface area contributed by atoms with E-state index in [1.54, 1.807) is 19.2 Å². The van der Waals surface area contributed by atoms with Crippen molar-refractivity contribution in [1.82, 2.24) is 0 Å². The molecule has 0 bridgehead atoms. The maximum atomic E-state index is 11.4. The van der Waals surface area contributed by atoms with E-state index in [0.29, 0.717) is 16.5 Å². The van der Waals surface area contributed by atoms with E-state index in [-0.39, 0.29) is 11.8 Å². The van der Waals surface area contributed by atoms with Crippen LogP contribution in [0.25, 0.3) is 0 Å². The summed E-state index contributed by atoms with van der Waals surface area (Å²) in [5.41, 5.74) is 1.65. The molecule has 3 atom stereocenters. The lowest BCUT2D eigenvalue weighted by Crippen LogP contribution is -2.42. The van der Waals surface area contributed by atoms with Crippen molar-refractivity contribution in [1.29, 1.82) is 0 Å². The first-order valence-electron chi connectivity index (χ1n) is 6.16. The van der Waals surface area contributed by atoms with Gasteiger partial charge in [0.25, 0.3) is 0 Å². The summed E-state index contributed by atoms with van der Waals surface area (Å²) >= 11 is 6.29. The van der Waals surface area contributed by atoms with Crippen LogP contribution in [-0.4, -0.2) is 24.2 Å². The number of carboxylic acids is 1. The summed E-state index contributed by atoms with van der Waals surface area (Å²) in [7, 11) is 1.57. The number of allylic oxidation sites excluding steroid dienone is 2. The number of carbonyl (C=O) groups is 1. The number of halogens is 1. The molecule has 0 radical (unpaired) electrons. The third-order valence-corrected chi connectivity index (χ3v) is 4.24. The number of nitrogens with one attached hydrogen (secondary N) is 1. The van der Waals surface area contributed by atoms with E-state index in [2.05, 4.69) is 5.32 Å². The highest BCUT2D eigenvalue weighted by molar-refractivity contribution is 6.32. The first-order valence-corrected chi connectivity index (χ1v) is 6.53. The molecular weight excluding hydrogens is 266 g/mol. The molecule has 0 amide bonds. The molecule has 3 rings (SSSR count). The Hall–Kier alpha value is -1.68. The molecule has 4 nitrogen and oxygen atoms in total. The van der Waals surface area contributed by atoms with Gasteiger partial charge in [0.1, 0.15) is 11.8 Å². The van der Waals surface area contributed by atoms with Gasteiger partial charge in [0.15, 0.2) is 0 Å². The number of ether oxygens (including phenoxy) is 1. The number of fused-ring (bicyclic) bond motifs is 3. The normalized spacial score (nSPS) is 27.4. The second-order valence-corrected chi connectivity index (χ2v) is 5.26. The van der Waals surface area contributed by atoms with Crippen LogP contribution in [0.15, 0.2) is 24.3 Å². The number of rotatable bonds is 2. The highest BCUT2D eigenvalue weighted by Gasteiger charge is 2.42. The summed E-state index contributed by atoms with van der Waals surface area (Å²) < 4.78 is 5.31. The molecule has 1 aromatic rings. The zero-order valence-electron chi connectivity index (χ0n) is 10.4. The Morgan fingerprint density at radius 1 is 1.53 bits per heavy atom. The van der Waals surface area contributed by atoms with Crippen LogP contribution >= 0.6 is 11.6 Å². The van der Waals surface area contributed by atoms with Crippen molar-refractivity contribution in [3.63, 3.8) is 0 Å². The van der Waals surface area contributed by atoms with E-state index < -0.39 is 12.0 Å². The van der Waals surface area contributed by atoms with Gasteiger partial charge in [-0.15, -0.1) is 0 Å². The fourth-order valence-electron chi connectivity index (χ4n) is 3.05. The van der Waals surface area contributed by atoms with Crippen molar-refractivity contribution in [2.24, 2.45) is 5.92 Å². The Labute approximate surface area is 116 Å². The third kappa shape index (κ3) is 1.78. The number of hydrogen-bond donors (Lipinski definition) is 2. The average Bonchev–Trinajstić information content (AvgIpc) is 2.86. The number of aliphatic carboxylic acids is 1. The van der Waals surface area contributed by atoms with Gasteiger partial charge in [0.2, 0.25) is 0 Å². The molecule has 0 saturated carbocycles. The number of anilines is 1. The zero-order chi connectivity index (χ0) is 13.6. The summed E-state index contributed by atoms with van der Waals surface area (Å²) in [6.45, 7) is 0. The van der Waals surface area contributed by atoms with Crippen molar-refractivity contribution in [3.05, 3.63) is 34.9 Å². The minimum Gasteiger partial charge on any atom is -0.495 e. The topological polar surface area (TPSA) is 58.6 Å². The van der Waals surface area contributed by atoms with Gasteiger partial charge >= 0.3 is 5.97 Å². The number of hydrogen-bond acceptors (Lipinski definition) is 3. The number of methoxy groups -OCH3 is 1. The van der Waals surface area contributed by atoms with E-state index >= 15 is 0 Å². The standard InChI is InChI=1S/C14H14ClNO3/c1-19-10-6-5-9(15)11-7-3-2-4-8(7)12(14(17)18)16-13(10)11/h2-3,5-8,12,16H,4H2,1H3,(H,17,18)/t7-,8+,12+/m0/s1. The lowest BCUT2D eigenvalue weighted by molar-refractivity contribution is -0.139. The van der Waals surface area contributed by atoms with Crippen molar-refractivity contribution in [3.8, 4) is 5.75 Å². The molecule has 100 valence electrons. The van der Waals surface area contributed by atoms with Gasteiger partial charge in [-0.2, -0.15) is 0 Å². The highest BCUT2D eigenvalue weighted by atomic mass is 35.5. The molecule has 1 aliphatic carbocycles. The second kappa shape index (κ2) is 4.46. The molecule has 1 aromatic carbocycles. The first-order chi connectivity index (χ1) is 9.13. The molecule has 1 aliphatic heterocycles. The van der Waals surface area contributed by atoms with E-state index in [9.17, 15) is 9.90 Å². The Morgan fingerprint density at radius 2 is 2.32 bits per heavy atom. The predicted molar refractivity (Wildman–Crippen MR) is 73.0 cm³/mol. The second-order valence-electron chi connectivity index (χ2n) is 4.85. The van der Waals surface area contributed by atoms with Crippen molar-refractivity contribution in [2.75, 3.05) is 12.4 Å². The van der Waals surface area contributed by atoms with E-state index in [0.717, 1.165) is 12.0 Å². The average molecular weight is 280 g/mol. The van der Waals surface area contributed by atoms with Crippen LogP contribution in [0, 0.1) is 5.92 Å². The maximum absolute atomic E-state index is 11.4. The van der Waals surface area contributed by atoms with Crippen LogP contribution < -0.4 is 10.1 Å². The van der Waals surface area contributed by atoms with Crippen molar-refractivity contribution < 1.29 is 14.6 Å². The molecule has 1 heterocycles. The molecule has 0 saturated heterocycles. The first kappa shape index (κ1) is 12.4.